The number of carbonyl (C=O) groups excluding carboxylic acids is 2. The highest BCUT2D eigenvalue weighted by Crippen LogP contribution is 1.87. The van der Waals surface area contributed by atoms with Crippen molar-refractivity contribution in [1.29, 1.82) is 0 Å². The maximum Gasteiger partial charge on any atom is 0.407 e. The van der Waals surface area contributed by atoms with Gasteiger partial charge in [0.1, 0.15) is 0 Å². The van der Waals surface area contributed by atoms with Gasteiger partial charge in [-0.05, 0) is 6.42 Å². The Morgan fingerprint density at radius 3 is 2.71 bits per heavy atom. The number of hydrogen-bond donors (Lipinski definition) is 2. The molecule has 0 aromatic heterocycles. The van der Waals surface area contributed by atoms with E-state index in [1.807, 2.05) is 12.2 Å². The summed E-state index contributed by atoms with van der Waals surface area (Å²) >= 11 is 0. The average Bonchev–Trinajstić information content (AvgIpc) is 2.14. The van der Waals surface area contributed by atoms with Gasteiger partial charge in [0.15, 0.2) is 6.61 Å². The van der Waals surface area contributed by atoms with Crippen LogP contribution >= 0.6 is 0 Å². The number of carbonyl (C=O) groups is 2. The molecule has 14 heavy (non-hydrogen) atoms. The first-order valence-electron chi connectivity index (χ1n) is 4.50. The van der Waals surface area contributed by atoms with Crippen molar-refractivity contribution in [1.82, 2.24) is 5.32 Å². The Morgan fingerprint density at radius 1 is 1.43 bits per heavy atom. The molecule has 3 N–H and O–H groups in total. The molecule has 0 fully saturated rings. The summed E-state index contributed by atoms with van der Waals surface area (Å²) < 4.78 is 4.45. The number of amides is 2. The van der Waals surface area contributed by atoms with Crippen LogP contribution in [0.2, 0.25) is 0 Å². The largest absolute Gasteiger partial charge is 0.439 e. The smallest absolute Gasteiger partial charge is 0.407 e. The standard InChI is InChI=1S/C9H16N2O3/c1-2-3-4-5-6-11-9(13)14-7-8(10)12/h4-5H,2-3,6-7H2,1H3,(H2,10,12)(H,11,13)/b5-4-. The van der Waals surface area contributed by atoms with Crippen LogP contribution in [0.4, 0.5) is 4.79 Å². The zero-order valence-electron chi connectivity index (χ0n) is 8.29. The van der Waals surface area contributed by atoms with Crippen LogP contribution in [0.1, 0.15) is 19.8 Å². The Labute approximate surface area is 83.3 Å². The molecule has 0 aromatic rings. The molecule has 0 aliphatic heterocycles. The van der Waals surface area contributed by atoms with Gasteiger partial charge >= 0.3 is 6.09 Å². The van der Waals surface area contributed by atoms with Crippen molar-refractivity contribution in [2.24, 2.45) is 5.73 Å². The first kappa shape index (κ1) is 12.5. The minimum absolute atomic E-state index is 0.384. The molecule has 5 heteroatoms. The second-order valence-electron chi connectivity index (χ2n) is 2.68. The summed E-state index contributed by atoms with van der Waals surface area (Å²) in [4.78, 5) is 21.0. The lowest BCUT2D eigenvalue weighted by molar-refractivity contribution is -0.120. The molecule has 0 unspecified atom stereocenters. The summed E-state index contributed by atoms with van der Waals surface area (Å²) in [6.07, 6.45) is 5.22. The molecular weight excluding hydrogens is 184 g/mol. The predicted molar refractivity (Wildman–Crippen MR) is 52.6 cm³/mol. The van der Waals surface area contributed by atoms with Gasteiger partial charge in [-0.15, -0.1) is 0 Å². The van der Waals surface area contributed by atoms with Crippen LogP contribution in [0, 0.1) is 0 Å². The normalized spacial score (nSPS) is 10.1. The molecule has 0 aliphatic rings. The van der Waals surface area contributed by atoms with E-state index in [1.54, 1.807) is 0 Å². The molecule has 0 aromatic carbocycles. The van der Waals surface area contributed by atoms with Crippen LogP contribution in [0.3, 0.4) is 0 Å². The average molecular weight is 200 g/mol. The van der Waals surface area contributed by atoms with E-state index in [-0.39, 0.29) is 6.61 Å². The summed E-state index contributed by atoms with van der Waals surface area (Å²) in [6, 6.07) is 0. The number of alkyl carbamates (subject to hydrolysis) is 1. The number of nitrogens with one attached hydrogen (secondary N) is 1. The lowest BCUT2D eigenvalue weighted by atomic mass is 10.3. The SMILES string of the molecule is CCC/C=C\CNC(=O)OCC(N)=O. The second kappa shape index (κ2) is 8.10. The highest BCUT2D eigenvalue weighted by Gasteiger charge is 2.01. The summed E-state index contributed by atoms with van der Waals surface area (Å²) in [5, 5.41) is 2.44. The van der Waals surface area contributed by atoms with Crippen molar-refractivity contribution in [3.05, 3.63) is 12.2 Å². The quantitative estimate of drug-likeness (QED) is 0.614. The Kier molecular flexibility index (Phi) is 7.22. The first-order chi connectivity index (χ1) is 6.66. The van der Waals surface area contributed by atoms with Crippen LogP contribution < -0.4 is 11.1 Å². The van der Waals surface area contributed by atoms with Gasteiger partial charge < -0.3 is 15.8 Å². The van der Waals surface area contributed by atoms with Crippen molar-refractivity contribution >= 4 is 12.0 Å². The molecule has 0 aliphatic carbocycles. The maximum absolute atomic E-state index is 10.8. The van der Waals surface area contributed by atoms with E-state index in [0.717, 1.165) is 12.8 Å². The summed E-state index contributed by atoms with van der Waals surface area (Å²) in [5.41, 5.74) is 4.78. The Bertz CT molecular complexity index is 214. The fourth-order valence-electron chi connectivity index (χ4n) is 0.698. The van der Waals surface area contributed by atoms with Crippen LogP contribution in [-0.4, -0.2) is 25.2 Å². The van der Waals surface area contributed by atoms with Gasteiger partial charge in [0.05, 0.1) is 0 Å². The molecule has 0 rings (SSSR count). The van der Waals surface area contributed by atoms with E-state index < -0.39 is 12.0 Å². The molecule has 80 valence electrons. The zero-order chi connectivity index (χ0) is 10.8. The Hall–Kier alpha value is -1.52. The van der Waals surface area contributed by atoms with Gasteiger partial charge in [-0.25, -0.2) is 4.79 Å². The molecule has 0 atom stereocenters. The van der Waals surface area contributed by atoms with E-state index >= 15 is 0 Å². The minimum atomic E-state index is -0.665. The maximum atomic E-state index is 10.8. The summed E-state index contributed by atoms with van der Waals surface area (Å²) in [6.45, 7) is 2.08. The fourth-order valence-corrected chi connectivity index (χ4v) is 0.698. The van der Waals surface area contributed by atoms with Crippen molar-refractivity contribution in [3.63, 3.8) is 0 Å². The molecule has 0 radical (unpaired) electrons. The predicted octanol–water partition coefficient (Wildman–Crippen LogP) is 0.554. The number of unbranched alkanes of at least 4 members (excludes halogenated alkanes) is 1. The molecule has 2 amide bonds. The van der Waals surface area contributed by atoms with E-state index in [2.05, 4.69) is 17.0 Å². The number of primary amides is 1. The lowest BCUT2D eigenvalue weighted by Gasteiger charge is -2.01. The third-order valence-corrected chi connectivity index (χ3v) is 1.33. The molecular formula is C9H16N2O3. The van der Waals surface area contributed by atoms with Gasteiger partial charge in [-0.2, -0.15) is 0 Å². The monoisotopic (exact) mass is 200 g/mol. The van der Waals surface area contributed by atoms with Gasteiger partial charge in [-0.3, -0.25) is 4.79 Å². The van der Waals surface area contributed by atoms with Gasteiger partial charge in [-0.1, -0.05) is 25.5 Å². The number of nitrogens with two attached hydrogens (primary N) is 1. The number of allylic oxidation sites excluding steroid dienone is 1. The Morgan fingerprint density at radius 2 is 2.14 bits per heavy atom. The zero-order valence-corrected chi connectivity index (χ0v) is 8.29. The minimum Gasteiger partial charge on any atom is -0.439 e. The van der Waals surface area contributed by atoms with Gasteiger partial charge in [0.2, 0.25) is 0 Å². The van der Waals surface area contributed by atoms with E-state index in [0.29, 0.717) is 6.54 Å². The first-order valence-corrected chi connectivity index (χ1v) is 4.50. The highest BCUT2D eigenvalue weighted by atomic mass is 16.6. The van der Waals surface area contributed by atoms with Crippen LogP contribution in [0.15, 0.2) is 12.2 Å². The summed E-state index contributed by atoms with van der Waals surface area (Å²) in [5.74, 6) is -0.665. The van der Waals surface area contributed by atoms with E-state index in [4.69, 9.17) is 5.73 Å². The van der Waals surface area contributed by atoms with Crippen molar-refractivity contribution in [3.8, 4) is 0 Å². The van der Waals surface area contributed by atoms with Crippen LogP contribution in [0.25, 0.3) is 0 Å². The number of hydrogen-bond acceptors (Lipinski definition) is 3. The van der Waals surface area contributed by atoms with Crippen molar-refractivity contribution < 1.29 is 14.3 Å². The van der Waals surface area contributed by atoms with Crippen LogP contribution in [0.5, 0.6) is 0 Å². The second-order valence-corrected chi connectivity index (χ2v) is 2.68. The van der Waals surface area contributed by atoms with Crippen molar-refractivity contribution in [2.45, 2.75) is 19.8 Å². The van der Waals surface area contributed by atoms with Gasteiger partial charge in [0, 0.05) is 6.54 Å². The highest BCUT2D eigenvalue weighted by molar-refractivity contribution is 5.78. The Balaban J connectivity index is 3.40. The summed E-state index contributed by atoms with van der Waals surface area (Å²) in [7, 11) is 0. The lowest BCUT2D eigenvalue weighted by Crippen LogP contribution is -2.28. The topological polar surface area (TPSA) is 81.4 Å². The van der Waals surface area contributed by atoms with E-state index in [9.17, 15) is 9.59 Å². The molecule has 0 heterocycles. The van der Waals surface area contributed by atoms with Crippen molar-refractivity contribution in [2.75, 3.05) is 13.2 Å². The third kappa shape index (κ3) is 8.58. The van der Waals surface area contributed by atoms with Crippen LogP contribution in [-0.2, 0) is 9.53 Å². The van der Waals surface area contributed by atoms with E-state index in [1.165, 1.54) is 0 Å². The van der Waals surface area contributed by atoms with Gasteiger partial charge in [0.25, 0.3) is 5.91 Å². The third-order valence-electron chi connectivity index (χ3n) is 1.33. The molecule has 0 saturated heterocycles. The molecule has 0 saturated carbocycles. The molecule has 5 nitrogen and oxygen atoms in total. The number of ether oxygens (including phenoxy) is 1. The molecule has 0 spiro atoms. The number of rotatable bonds is 6. The fraction of sp³-hybridized carbons (Fsp3) is 0.556. The molecule has 0 bridgehead atoms.